The molecule has 5 rings (SSSR count). The summed E-state index contributed by atoms with van der Waals surface area (Å²) in [6, 6.07) is 4.38. The van der Waals surface area contributed by atoms with Crippen LogP contribution in [-0.2, 0) is 33.9 Å². The van der Waals surface area contributed by atoms with Crippen molar-refractivity contribution >= 4 is 26.7 Å². The summed E-state index contributed by atoms with van der Waals surface area (Å²) in [6.45, 7) is 0. The van der Waals surface area contributed by atoms with Crippen LogP contribution in [0.4, 0.5) is 0 Å². The zero-order valence-electron chi connectivity index (χ0n) is 14.7. The minimum absolute atomic E-state index is 0.0396. The largest absolute Gasteiger partial charge is 0.464 e. The molecule has 1 atom stereocenters. The Bertz CT molecular complexity index is 987. The number of sulfone groups is 1. The Labute approximate surface area is 153 Å². The molecule has 1 aliphatic heterocycles. The Balaban J connectivity index is 1.41. The lowest BCUT2D eigenvalue weighted by Crippen LogP contribution is -2.43. The van der Waals surface area contributed by atoms with Crippen molar-refractivity contribution in [1.82, 2.24) is 4.90 Å². The SMILES string of the molecule is O=C(Cc1coc2cc3c(cc12)CCC3)N(C1CC1)[C@@H]1CCS(=O)(=O)C1. The summed E-state index contributed by atoms with van der Waals surface area (Å²) in [7, 11) is -3.00. The van der Waals surface area contributed by atoms with Gasteiger partial charge in [-0.3, -0.25) is 4.79 Å². The molecule has 0 radical (unpaired) electrons. The van der Waals surface area contributed by atoms with E-state index in [0.29, 0.717) is 12.8 Å². The Morgan fingerprint density at radius 1 is 1.12 bits per heavy atom. The second-order valence-electron chi connectivity index (χ2n) is 8.00. The van der Waals surface area contributed by atoms with Crippen LogP contribution in [0.15, 0.2) is 22.8 Å². The summed E-state index contributed by atoms with van der Waals surface area (Å²) in [5.41, 5.74) is 4.51. The minimum atomic E-state index is -3.00. The van der Waals surface area contributed by atoms with Crippen molar-refractivity contribution in [2.75, 3.05) is 11.5 Å². The summed E-state index contributed by atoms with van der Waals surface area (Å²) in [5.74, 6) is 0.363. The molecule has 1 aromatic carbocycles. The molecule has 26 heavy (non-hydrogen) atoms. The molecule has 0 spiro atoms. The highest BCUT2D eigenvalue weighted by Gasteiger charge is 2.42. The van der Waals surface area contributed by atoms with Crippen molar-refractivity contribution in [1.29, 1.82) is 0 Å². The number of benzene rings is 1. The highest BCUT2D eigenvalue weighted by Crippen LogP contribution is 2.34. The van der Waals surface area contributed by atoms with Gasteiger partial charge >= 0.3 is 0 Å². The van der Waals surface area contributed by atoms with Crippen LogP contribution in [0.3, 0.4) is 0 Å². The van der Waals surface area contributed by atoms with Crippen LogP contribution >= 0.6 is 0 Å². The van der Waals surface area contributed by atoms with Crippen molar-refractivity contribution in [3.05, 3.63) is 35.1 Å². The van der Waals surface area contributed by atoms with Gasteiger partial charge in [0.05, 0.1) is 24.2 Å². The Morgan fingerprint density at radius 2 is 1.88 bits per heavy atom. The van der Waals surface area contributed by atoms with Crippen LogP contribution in [0.25, 0.3) is 11.0 Å². The van der Waals surface area contributed by atoms with Crippen LogP contribution in [-0.4, -0.2) is 42.8 Å². The first-order chi connectivity index (χ1) is 12.5. The normalized spacial score (nSPS) is 24.1. The van der Waals surface area contributed by atoms with E-state index in [1.165, 1.54) is 17.5 Å². The molecule has 2 heterocycles. The van der Waals surface area contributed by atoms with Crippen LogP contribution in [0.5, 0.6) is 0 Å². The van der Waals surface area contributed by atoms with E-state index >= 15 is 0 Å². The van der Waals surface area contributed by atoms with Gasteiger partial charge in [-0.2, -0.15) is 0 Å². The third-order valence-corrected chi connectivity index (χ3v) is 7.79. The second kappa shape index (κ2) is 5.84. The summed E-state index contributed by atoms with van der Waals surface area (Å²) < 4.78 is 29.4. The molecule has 5 nitrogen and oxygen atoms in total. The molecule has 138 valence electrons. The maximum absolute atomic E-state index is 13.1. The van der Waals surface area contributed by atoms with Gasteiger partial charge in [0.1, 0.15) is 5.58 Å². The fraction of sp³-hybridized carbons (Fsp3) is 0.550. The number of furan rings is 1. The van der Waals surface area contributed by atoms with E-state index in [4.69, 9.17) is 4.42 Å². The van der Waals surface area contributed by atoms with Crippen molar-refractivity contribution in [3.8, 4) is 0 Å². The van der Waals surface area contributed by atoms with Crippen molar-refractivity contribution in [3.63, 3.8) is 0 Å². The lowest BCUT2D eigenvalue weighted by molar-refractivity contribution is -0.133. The summed E-state index contributed by atoms with van der Waals surface area (Å²) in [6.07, 6.45) is 7.92. The third-order valence-electron chi connectivity index (χ3n) is 6.04. The number of carbonyl (C=O) groups is 1. The smallest absolute Gasteiger partial charge is 0.227 e. The standard InChI is InChI=1S/C20H23NO4S/c22-20(21(16-4-5-16)17-6-7-26(23,24)12-17)10-15-11-25-19-9-14-3-1-2-13(14)8-18(15)19/h8-9,11,16-17H,1-7,10,12H2/t17-/m1/s1. The molecule has 0 N–H and O–H groups in total. The molecule has 1 aromatic heterocycles. The number of carbonyl (C=O) groups excluding carboxylic acids is 1. The number of nitrogens with zero attached hydrogens (tertiary/aromatic N) is 1. The number of rotatable bonds is 4. The average molecular weight is 373 g/mol. The van der Waals surface area contributed by atoms with Gasteiger partial charge in [-0.1, -0.05) is 0 Å². The zero-order valence-corrected chi connectivity index (χ0v) is 15.6. The maximum Gasteiger partial charge on any atom is 0.227 e. The number of aryl methyl sites for hydroxylation is 2. The summed E-state index contributed by atoms with van der Waals surface area (Å²) >= 11 is 0. The van der Waals surface area contributed by atoms with E-state index < -0.39 is 9.84 Å². The number of hydrogen-bond donors (Lipinski definition) is 0. The lowest BCUT2D eigenvalue weighted by Gasteiger charge is -2.28. The third kappa shape index (κ3) is 2.84. The molecule has 2 aliphatic carbocycles. The molecule has 2 aromatic rings. The highest BCUT2D eigenvalue weighted by atomic mass is 32.2. The monoisotopic (exact) mass is 373 g/mol. The van der Waals surface area contributed by atoms with Crippen LogP contribution in [0.1, 0.15) is 42.4 Å². The van der Waals surface area contributed by atoms with Gasteiger partial charge in [0, 0.05) is 23.0 Å². The Morgan fingerprint density at radius 3 is 2.58 bits per heavy atom. The van der Waals surface area contributed by atoms with Gasteiger partial charge in [-0.05, 0) is 61.8 Å². The van der Waals surface area contributed by atoms with Crippen molar-refractivity contribution in [2.45, 2.75) is 57.0 Å². The van der Waals surface area contributed by atoms with Crippen molar-refractivity contribution in [2.24, 2.45) is 0 Å². The number of fused-ring (bicyclic) bond motifs is 2. The molecule has 6 heteroatoms. The van der Waals surface area contributed by atoms with Gasteiger partial charge in [-0.15, -0.1) is 0 Å². The number of hydrogen-bond acceptors (Lipinski definition) is 4. The molecular weight excluding hydrogens is 350 g/mol. The quantitative estimate of drug-likeness (QED) is 0.826. The highest BCUT2D eigenvalue weighted by molar-refractivity contribution is 7.91. The van der Waals surface area contributed by atoms with E-state index in [1.54, 1.807) is 6.26 Å². The van der Waals surface area contributed by atoms with Gasteiger partial charge in [0.15, 0.2) is 9.84 Å². The molecule has 0 bridgehead atoms. The predicted octanol–water partition coefficient (Wildman–Crippen LogP) is 2.64. The molecule has 1 saturated heterocycles. The first-order valence-corrected chi connectivity index (χ1v) is 11.4. The molecule has 1 saturated carbocycles. The van der Waals surface area contributed by atoms with Crippen LogP contribution in [0.2, 0.25) is 0 Å². The zero-order chi connectivity index (χ0) is 17.9. The average Bonchev–Trinajstić information content (AvgIpc) is 3.02. The van der Waals surface area contributed by atoms with Gasteiger partial charge in [0.2, 0.25) is 5.91 Å². The Hall–Kier alpha value is -1.82. The molecular formula is C20H23NO4S. The molecule has 3 aliphatic rings. The fourth-order valence-corrected chi connectivity index (χ4v) is 6.30. The van der Waals surface area contributed by atoms with Crippen molar-refractivity contribution < 1.29 is 17.6 Å². The molecule has 2 fully saturated rings. The topological polar surface area (TPSA) is 67.6 Å². The van der Waals surface area contributed by atoms with E-state index in [-0.39, 0.29) is 29.5 Å². The summed E-state index contributed by atoms with van der Waals surface area (Å²) in [5, 5.41) is 1.04. The predicted molar refractivity (Wildman–Crippen MR) is 98.9 cm³/mol. The second-order valence-corrected chi connectivity index (χ2v) is 10.2. The maximum atomic E-state index is 13.1. The van der Waals surface area contributed by atoms with Gasteiger partial charge < -0.3 is 9.32 Å². The molecule has 1 amide bonds. The van der Waals surface area contributed by atoms with E-state index in [1.807, 2.05) is 4.90 Å². The summed E-state index contributed by atoms with van der Waals surface area (Å²) in [4.78, 5) is 14.9. The molecule has 0 unspecified atom stereocenters. The van der Waals surface area contributed by atoms with E-state index in [2.05, 4.69) is 12.1 Å². The minimum Gasteiger partial charge on any atom is -0.464 e. The van der Waals surface area contributed by atoms with Gasteiger partial charge in [-0.25, -0.2) is 8.42 Å². The van der Waals surface area contributed by atoms with Gasteiger partial charge in [0.25, 0.3) is 0 Å². The van der Waals surface area contributed by atoms with E-state index in [0.717, 1.165) is 42.2 Å². The van der Waals surface area contributed by atoms with Crippen LogP contribution in [0, 0.1) is 0 Å². The first-order valence-electron chi connectivity index (χ1n) is 9.54. The lowest BCUT2D eigenvalue weighted by atomic mass is 10.0. The fourth-order valence-electron chi connectivity index (χ4n) is 4.59. The Kier molecular flexibility index (Phi) is 3.68. The van der Waals surface area contributed by atoms with E-state index in [9.17, 15) is 13.2 Å². The van der Waals surface area contributed by atoms with Crippen LogP contribution < -0.4 is 0 Å². The first kappa shape index (κ1) is 16.4. The number of amides is 1.